The number of benzene rings is 2. The maximum absolute atomic E-state index is 14.0. The zero-order valence-corrected chi connectivity index (χ0v) is 13.2. The summed E-state index contributed by atoms with van der Waals surface area (Å²) in [5.74, 6) is -3.41. The van der Waals surface area contributed by atoms with E-state index in [1.807, 2.05) is 0 Å². The average Bonchev–Trinajstić information content (AvgIpc) is 3.11. The molecular formula is C18H11F5O3. The highest BCUT2D eigenvalue weighted by molar-refractivity contribution is 5.63. The lowest BCUT2D eigenvalue weighted by atomic mass is 10.1. The molecule has 1 heterocycles. The van der Waals surface area contributed by atoms with Crippen molar-refractivity contribution in [2.75, 3.05) is 7.11 Å². The fourth-order valence-electron chi connectivity index (χ4n) is 2.28. The molecule has 0 radical (unpaired) electrons. The molecule has 0 atom stereocenters. The van der Waals surface area contributed by atoms with Gasteiger partial charge in [-0.3, -0.25) is 0 Å². The van der Waals surface area contributed by atoms with Crippen LogP contribution in [0.5, 0.6) is 17.2 Å². The number of halogens is 5. The molecule has 0 bridgehead atoms. The van der Waals surface area contributed by atoms with E-state index in [4.69, 9.17) is 13.9 Å². The van der Waals surface area contributed by atoms with Crippen LogP contribution >= 0.6 is 0 Å². The minimum atomic E-state index is -4.88. The second-order valence-electron chi connectivity index (χ2n) is 5.21. The molecule has 0 aliphatic rings. The molecule has 0 N–H and O–H groups in total. The normalized spacial score (nSPS) is 11.5. The SMILES string of the molecule is COc1ccc(-c2ccco2)cc1Oc1c(F)cc(C(F)(F)F)cc1F. The Labute approximate surface area is 144 Å². The molecular weight excluding hydrogens is 359 g/mol. The Morgan fingerprint density at radius 1 is 0.923 bits per heavy atom. The number of furan rings is 1. The molecule has 0 saturated heterocycles. The van der Waals surface area contributed by atoms with Gasteiger partial charge in [0.1, 0.15) is 5.76 Å². The number of methoxy groups -OCH3 is 1. The van der Waals surface area contributed by atoms with E-state index >= 15 is 0 Å². The number of ether oxygens (including phenoxy) is 2. The highest BCUT2D eigenvalue weighted by atomic mass is 19.4. The van der Waals surface area contributed by atoms with Crippen molar-refractivity contribution in [2.45, 2.75) is 6.18 Å². The van der Waals surface area contributed by atoms with Gasteiger partial charge in [-0.05, 0) is 42.5 Å². The van der Waals surface area contributed by atoms with Gasteiger partial charge in [0, 0.05) is 5.56 Å². The summed E-state index contributed by atoms with van der Waals surface area (Å²) in [6.07, 6.45) is -3.44. The third kappa shape index (κ3) is 3.49. The van der Waals surface area contributed by atoms with Gasteiger partial charge in [-0.1, -0.05) is 0 Å². The maximum atomic E-state index is 14.0. The summed E-state index contributed by atoms with van der Waals surface area (Å²) in [5.41, 5.74) is -0.922. The standard InChI is InChI=1S/C18H11F5O3/c1-24-15-5-4-10(14-3-2-6-25-14)7-16(15)26-17-12(19)8-11(9-13(17)20)18(21,22)23/h2-9H,1H3. The molecule has 0 fully saturated rings. The maximum Gasteiger partial charge on any atom is 0.416 e. The highest BCUT2D eigenvalue weighted by Crippen LogP contribution is 2.39. The lowest BCUT2D eigenvalue weighted by Gasteiger charge is -2.14. The van der Waals surface area contributed by atoms with Gasteiger partial charge >= 0.3 is 6.18 Å². The van der Waals surface area contributed by atoms with Crippen molar-refractivity contribution < 1.29 is 35.8 Å². The van der Waals surface area contributed by atoms with Crippen LogP contribution in [0.4, 0.5) is 22.0 Å². The molecule has 0 aliphatic carbocycles. The first-order valence-corrected chi connectivity index (χ1v) is 7.25. The van der Waals surface area contributed by atoms with Crippen LogP contribution in [0, 0.1) is 11.6 Å². The van der Waals surface area contributed by atoms with Crippen LogP contribution < -0.4 is 9.47 Å². The first-order chi connectivity index (χ1) is 12.3. The molecule has 3 aromatic rings. The number of rotatable bonds is 4. The molecule has 3 rings (SSSR count). The number of hydrogen-bond acceptors (Lipinski definition) is 3. The third-order valence-corrected chi connectivity index (χ3v) is 3.51. The van der Waals surface area contributed by atoms with Crippen LogP contribution in [0.2, 0.25) is 0 Å². The molecule has 136 valence electrons. The molecule has 0 amide bonds. The summed E-state index contributed by atoms with van der Waals surface area (Å²) in [7, 11) is 1.31. The molecule has 3 nitrogen and oxygen atoms in total. The van der Waals surface area contributed by atoms with Crippen LogP contribution in [0.25, 0.3) is 11.3 Å². The molecule has 1 aromatic heterocycles. The summed E-state index contributed by atoms with van der Waals surface area (Å²) < 4.78 is 81.4. The quantitative estimate of drug-likeness (QED) is 0.525. The highest BCUT2D eigenvalue weighted by Gasteiger charge is 2.33. The smallest absolute Gasteiger partial charge is 0.416 e. The van der Waals surface area contributed by atoms with Crippen molar-refractivity contribution in [3.05, 3.63) is 65.9 Å². The zero-order valence-electron chi connectivity index (χ0n) is 13.2. The predicted molar refractivity (Wildman–Crippen MR) is 82.1 cm³/mol. The Bertz CT molecular complexity index is 894. The largest absolute Gasteiger partial charge is 0.493 e. The summed E-state index contributed by atoms with van der Waals surface area (Å²) >= 11 is 0. The molecule has 2 aromatic carbocycles. The van der Waals surface area contributed by atoms with Gasteiger partial charge in [-0.15, -0.1) is 0 Å². The van der Waals surface area contributed by atoms with Crippen LogP contribution in [0.15, 0.2) is 53.1 Å². The van der Waals surface area contributed by atoms with Gasteiger partial charge in [0.25, 0.3) is 0 Å². The van der Waals surface area contributed by atoms with Crippen LogP contribution in [-0.4, -0.2) is 7.11 Å². The van der Waals surface area contributed by atoms with E-state index in [9.17, 15) is 22.0 Å². The van der Waals surface area contributed by atoms with Crippen LogP contribution in [0.3, 0.4) is 0 Å². The van der Waals surface area contributed by atoms with Crippen LogP contribution in [0.1, 0.15) is 5.56 Å². The van der Waals surface area contributed by atoms with Gasteiger partial charge in [0.2, 0.25) is 0 Å². The van der Waals surface area contributed by atoms with Gasteiger partial charge in [-0.25, -0.2) is 8.78 Å². The first kappa shape index (κ1) is 17.8. The topological polar surface area (TPSA) is 31.6 Å². The fraction of sp³-hybridized carbons (Fsp3) is 0.111. The molecule has 8 heteroatoms. The minimum absolute atomic E-state index is 0.0843. The fourth-order valence-corrected chi connectivity index (χ4v) is 2.28. The molecule has 0 spiro atoms. The summed E-state index contributed by atoms with van der Waals surface area (Å²) in [6, 6.07) is 8.15. The summed E-state index contributed by atoms with van der Waals surface area (Å²) in [4.78, 5) is 0. The second kappa shape index (κ2) is 6.70. The average molecular weight is 370 g/mol. The third-order valence-electron chi connectivity index (χ3n) is 3.51. The molecule has 0 aliphatic heterocycles. The van der Waals surface area contributed by atoms with Crippen molar-refractivity contribution in [3.63, 3.8) is 0 Å². The Balaban J connectivity index is 2.02. The predicted octanol–water partition coefficient (Wildman–Crippen LogP) is 6.04. The van der Waals surface area contributed by atoms with Crippen LogP contribution in [-0.2, 0) is 6.18 Å². The molecule has 0 unspecified atom stereocenters. The van der Waals surface area contributed by atoms with Gasteiger partial charge < -0.3 is 13.9 Å². The first-order valence-electron chi connectivity index (χ1n) is 7.25. The van der Waals surface area contributed by atoms with Crippen molar-refractivity contribution >= 4 is 0 Å². The summed E-state index contributed by atoms with van der Waals surface area (Å²) in [5, 5.41) is 0. The van der Waals surface area contributed by atoms with E-state index in [2.05, 4.69) is 0 Å². The van der Waals surface area contributed by atoms with Crippen molar-refractivity contribution in [1.82, 2.24) is 0 Å². The summed E-state index contributed by atoms with van der Waals surface area (Å²) in [6.45, 7) is 0. The van der Waals surface area contributed by atoms with E-state index in [-0.39, 0.29) is 23.6 Å². The van der Waals surface area contributed by atoms with Crippen molar-refractivity contribution in [2.24, 2.45) is 0 Å². The van der Waals surface area contributed by atoms with Crippen molar-refractivity contribution in [3.8, 4) is 28.6 Å². The molecule has 26 heavy (non-hydrogen) atoms. The van der Waals surface area contributed by atoms with E-state index in [1.165, 1.54) is 25.5 Å². The number of alkyl halides is 3. The lowest BCUT2D eigenvalue weighted by Crippen LogP contribution is -2.07. The monoisotopic (exact) mass is 370 g/mol. The van der Waals surface area contributed by atoms with E-state index < -0.39 is 29.1 Å². The Morgan fingerprint density at radius 3 is 2.15 bits per heavy atom. The van der Waals surface area contributed by atoms with Gasteiger partial charge in [0.05, 0.1) is 18.9 Å². The Morgan fingerprint density at radius 2 is 1.62 bits per heavy atom. The van der Waals surface area contributed by atoms with E-state index in [0.717, 1.165) is 0 Å². The second-order valence-corrected chi connectivity index (χ2v) is 5.21. The lowest BCUT2D eigenvalue weighted by molar-refractivity contribution is -0.138. The van der Waals surface area contributed by atoms with E-state index in [0.29, 0.717) is 11.3 Å². The van der Waals surface area contributed by atoms with Crippen molar-refractivity contribution in [1.29, 1.82) is 0 Å². The Kier molecular flexibility index (Phi) is 4.58. The minimum Gasteiger partial charge on any atom is -0.493 e. The number of hydrogen-bond donors (Lipinski definition) is 0. The zero-order chi connectivity index (χ0) is 18.9. The van der Waals surface area contributed by atoms with Gasteiger partial charge in [-0.2, -0.15) is 13.2 Å². The van der Waals surface area contributed by atoms with Gasteiger partial charge in [0.15, 0.2) is 28.9 Å². The molecule has 0 saturated carbocycles. The Hall–Kier alpha value is -3.03. The van der Waals surface area contributed by atoms with E-state index in [1.54, 1.807) is 18.2 Å².